The Morgan fingerprint density at radius 2 is 2.15 bits per heavy atom. The van der Waals surface area contributed by atoms with Gasteiger partial charge in [0.1, 0.15) is 0 Å². The third-order valence-corrected chi connectivity index (χ3v) is 3.11. The van der Waals surface area contributed by atoms with Crippen molar-refractivity contribution in [2.75, 3.05) is 5.32 Å². The van der Waals surface area contributed by atoms with Crippen molar-refractivity contribution in [2.45, 2.75) is 0 Å². The van der Waals surface area contributed by atoms with Crippen molar-refractivity contribution in [3.8, 4) is 0 Å². The normalized spacial score (nSPS) is 10.1. The maximum Gasteiger partial charge on any atom is 0.270 e. The first-order valence-corrected chi connectivity index (χ1v) is 6.51. The van der Waals surface area contributed by atoms with E-state index in [4.69, 9.17) is 11.6 Å². The number of amides is 1. The molecule has 0 aliphatic heterocycles. The third kappa shape index (κ3) is 3.31. The second-order valence-electron chi connectivity index (χ2n) is 3.75. The minimum atomic E-state index is -0.565. The maximum absolute atomic E-state index is 12.0. The number of carbonyl (C=O) groups excluding carboxylic acids is 1. The van der Waals surface area contributed by atoms with Crippen molar-refractivity contribution in [2.24, 2.45) is 0 Å². The lowest BCUT2D eigenvalue weighted by molar-refractivity contribution is -0.384. The van der Waals surface area contributed by atoms with E-state index in [2.05, 4.69) is 26.2 Å². The van der Waals surface area contributed by atoms with Gasteiger partial charge in [0, 0.05) is 28.4 Å². The van der Waals surface area contributed by atoms with E-state index >= 15 is 0 Å². The molecule has 1 aromatic heterocycles. The van der Waals surface area contributed by atoms with Crippen LogP contribution >= 0.6 is 27.5 Å². The molecule has 1 heterocycles. The summed E-state index contributed by atoms with van der Waals surface area (Å²) in [5.74, 6) is -0.504. The highest BCUT2D eigenvalue weighted by Crippen LogP contribution is 2.24. The summed E-state index contributed by atoms with van der Waals surface area (Å²) < 4.78 is 0.649. The third-order valence-electron chi connectivity index (χ3n) is 2.37. The number of non-ortho nitro benzene ring substituents is 1. The fourth-order valence-electron chi connectivity index (χ4n) is 1.47. The van der Waals surface area contributed by atoms with Gasteiger partial charge in [0.15, 0.2) is 5.15 Å². The molecule has 1 amide bonds. The molecule has 0 aliphatic rings. The molecule has 6 nitrogen and oxygen atoms in total. The molecular formula is C12H7BrClN3O3. The van der Waals surface area contributed by atoms with Gasteiger partial charge in [-0.2, -0.15) is 0 Å². The zero-order chi connectivity index (χ0) is 14.7. The summed E-state index contributed by atoms with van der Waals surface area (Å²) in [7, 11) is 0. The van der Waals surface area contributed by atoms with Crippen molar-refractivity contribution in [3.63, 3.8) is 0 Å². The van der Waals surface area contributed by atoms with Crippen LogP contribution in [0.15, 0.2) is 41.0 Å². The topological polar surface area (TPSA) is 85.1 Å². The highest BCUT2D eigenvalue weighted by Gasteiger charge is 2.13. The lowest BCUT2D eigenvalue weighted by Crippen LogP contribution is -2.12. The molecule has 0 radical (unpaired) electrons. The lowest BCUT2D eigenvalue weighted by Gasteiger charge is -2.07. The SMILES string of the molecule is O=C(Nc1cc(Br)cnc1Cl)c1cccc([N+](=O)[O-])c1. The predicted octanol–water partition coefficient (Wildman–Crippen LogP) is 3.66. The van der Waals surface area contributed by atoms with Gasteiger partial charge < -0.3 is 5.32 Å². The molecule has 2 aromatic rings. The number of benzene rings is 1. The van der Waals surface area contributed by atoms with Gasteiger partial charge in [-0.1, -0.05) is 17.7 Å². The van der Waals surface area contributed by atoms with Gasteiger partial charge in [-0.15, -0.1) is 0 Å². The van der Waals surface area contributed by atoms with E-state index in [1.54, 1.807) is 6.07 Å². The number of hydrogen-bond donors (Lipinski definition) is 1. The number of anilines is 1. The van der Waals surface area contributed by atoms with Crippen LogP contribution < -0.4 is 5.32 Å². The van der Waals surface area contributed by atoms with Crippen molar-refractivity contribution in [1.29, 1.82) is 0 Å². The van der Waals surface area contributed by atoms with Gasteiger partial charge in [-0.05, 0) is 28.1 Å². The Morgan fingerprint density at radius 1 is 1.40 bits per heavy atom. The summed E-state index contributed by atoms with van der Waals surface area (Å²) in [6.07, 6.45) is 1.49. The molecular weight excluding hydrogens is 350 g/mol. The summed E-state index contributed by atoms with van der Waals surface area (Å²) >= 11 is 9.07. The van der Waals surface area contributed by atoms with E-state index in [0.717, 1.165) is 0 Å². The van der Waals surface area contributed by atoms with Crippen LogP contribution in [0.2, 0.25) is 5.15 Å². The first-order valence-electron chi connectivity index (χ1n) is 5.34. The smallest absolute Gasteiger partial charge is 0.270 e. The van der Waals surface area contributed by atoms with Gasteiger partial charge in [0.25, 0.3) is 11.6 Å². The van der Waals surface area contributed by atoms with Gasteiger partial charge in [-0.3, -0.25) is 14.9 Å². The van der Waals surface area contributed by atoms with Crippen LogP contribution in [0.4, 0.5) is 11.4 Å². The first kappa shape index (κ1) is 14.4. The fraction of sp³-hybridized carbons (Fsp3) is 0. The van der Waals surface area contributed by atoms with Crippen molar-refractivity contribution in [1.82, 2.24) is 4.98 Å². The molecule has 20 heavy (non-hydrogen) atoms. The minimum Gasteiger partial charge on any atom is -0.319 e. The Kier molecular flexibility index (Phi) is 4.31. The standard InChI is InChI=1S/C12H7BrClN3O3/c13-8-5-10(11(14)15-6-8)16-12(18)7-2-1-3-9(4-7)17(19)20/h1-6H,(H,16,18). The number of halogens is 2. The maximum atomic E-state index is 12.0. The number of aromatic nitrogens is 1. The van der Waals surface area contributed by atoms with Gasteiger partial charge in [-0.25, -0.2) is 4.98 Å². The molecule has 2 rings (SSSR count). The first-order chi connectivity index (χ1) is 9.47. The van der Waals surface area contributed by atoms with E-state index in [9.17, 15) is 14.9 Å². The zero-order valence-corrected chi connectivity index (χ0v) is 12.2. The molecule has 0 fully saturated rings. The molecule has 1 N–H and O–H groups in total. The number of hydrogen-bond acceptors (Lipinski definition) is 4. The number of nitro benzene ring substituents is 1. The highest BCUT2D eigenvalue weighted by atomic mass is 79.9. The molecule has 102 valence electrons. The molecule has 1 aromatic carbocycles. The fourth-order valence-corrected chi connectivity index (χ4v) is 1.95. The van der Waals surface area contributed by atoms with Gasteiger partial charge in [0.2, 0.25) is 0 Å². The average molecular weight is 357 g/mol. The van der Waals surface area contributed by atoms with E-state index in [1.807, 2.05) is 0 Å². The van der Waals surface area contributed by atoms with E-state index in [0.29, 0.717) is 10.2 Å². The average Bonchev–Trinajstić information content (AvgIpc) is 2.43. The molecule has 0 aliphatic carbocycles. The summed E-state index contributed by atoms with van der Waals surface area (Å²) in [5.41, 5.74) is 0.323. The van der Waals surface area contributed by atoms with Crippen LogP contribution in [0.5, 0.6) is 0 Å². The molecule has 0 atom stereocenters. The second kappa shape index (κ2) is 5.98. The summed E-state index contributed by atoms with van der Waals surface area (Å²) in [6.45, 7) is 0. The number of rotatable bonds is 3. The number of nitrogens with one attached hydrogen (secondary N) is 1. The van der Waals surface area contributed by atoms with Gasteiger partial charge in [0.05, 0.1) is 10.6 Å². The van der Waals surface area contributed by atoms with Crippen molar-refractivity contribution in [3.05, 3.63) is 61.8 Å². The Hall–Kier alpha value is -1.99. The second-order valence-corrected chi connectivity index (χ2v) is 5.03. The molecule has 0 unspecified atom stereocenters. The Balaban J connectivity index is 2.26. The lowest BCUT2D eigenvalue weighted by atomic mass is 10.2. The summed E-state index contributed by atoms with van der Waals surface area (Å²) in [6, 6.07) is 7.00. The van der Waals surface area contributed by atoms with Crippen molar-refractivity contribution >= 4 is 44.8 Å². The Bertz CT molecular complexity index is 693. The van der Waals surface area contributed by atoms with Gasteiger partial charge >= 0.3 is 0 Å². The molecule has 8 heteroatoms. The molecule has 0 spiro atoms. The Morgan fingerprint density at radius 3 is 2.85 bits per heavy atom. The quantitative estimate of drug-likeness (QED) is 0.516. The number of nitrogens with zero attached hydrogens (tertiary/aromatic N) is 2. The van der Waals surface area contributed by atoms with Crippen LogP contribution in [0.1, 0.15) is 10.4 Å². The number of nitro groups is 1. The highest BCUT2D eigenvalue weighted by molar-refractivity contribution is 9.10. The largest absolute Gasteiger partial charge is 0.319 e. The van der Waals surface area contributed by atoms with Crippen LogP contribution in [-0.2, 0) is 0 Å². The molecule has 0 bridgehead atoms. The predicted molar refractivity (Wildman–Crippen MR) is 78.0 cm³/mol. The van der Waals surface area contributed by atoms with E-state index < -0.39 is 10.8 Å². The van der Waals surface area contributed by atoms with Crippen LogP contribution in [0, 0.1) is 10.1 Å². The number of carbonyl (C=O) groups is 1. The van der Waals surface area contributed by atoms with Crippen LogP contribution in [-0.4, -0.2) is 15.8 Å². The summed E-state index contributed by atoms with van der Waals surface area (Å²) in [5, 5.41) is 13.3. The van der Waals surface area contributed by atoms with Crippen molar-refractivity contribution < 1.29 is 9.72 Å². The van der Waals surface area contributed by atoms with E-state index in [-0.39, 0.29) is 16.4 Å². The van der Waals surface area contributed by atoms with Crippen LogP contribution in [0.25, 0.3) is 0 Å². The minimum absolute atomic E-state index is 0.131. The van der Waals surface area contributed by atoms with Crippen LogP contribution in [0.3, 0.4) is 0 Å². The van der Waals surface area contributed by atoms with E-state index in [1.165, 1.54) is 30.5 Å². The monoisotopic (exact) mass is 355 g/mol. The number of pyridine rings is 1. The Labute approximate surface area is 127 Å². The zero-order valence-electron chi connectivity index (χ0n) is 9.84. The molecule has 0 saturated carbocycles. The summed E-state index contributed by atoms with van der Waals surface area (Å²) in [4.78, 5) is 26.0. The molecule has 0 saturated heterocycles.